The molecule has 0 saturated carbocycles. The summed E-state index contributed by atoms with van der Waals surface area (Å²) in [6.07, 6.45) is -0.222. The summed E-state index contributed by atoms with van der Waals surface area (Å²) < 4.78 is 6.12. The van der Waals surface area contributed by atoms with E-state index in [-0.39, 0.29) is 17.2 Å². The number of ether oxygens (including phenoxy) is 1. The number of benzene rings is 2. The molecule has 1 heterocycles. The van der Waals surface area contributed by atoms with Crippen molar-refractivity contribution in [1.29, 1.82) is 0 Å². The predicted molar refractivity (Wildman–Crippen MR) is 117 cm³/mol. The smallest absolute Gasteiger partial charge is 0.407 e. The minimum absolute atomic E-state index is 0.0680. The standard InChI is InChI=1S/C24H30N2O4/c1-15-12-17(22(27)25-5)6-9-21(15)30-18-7-8-19-16(13-18)10-11-26(23(28)29)14-20(19)24(2,3)4/h6-9,12-13,20H,10-11,14H2,1-5H3,(H,25,27)(H,28,29). The minimum atomic E-state index is -0.875. The van der Waals surface area contributed by atoms with Gasteiger partial charge in [-0.25, -0.2) is 4.79 Å². The van der Waals surface area contributed by atoms with Crippen molar-refractivity contribution in [3.05, 3.63) is 58.7 Å². The second-order valence-electron chi connectivity index (χ2n) is 8.92. The van der Waals surface area contributed by atoms with Gasteiger partial charge in [-0.1, -0.05) is 26.8 Å². The number of carbonyl (C=O) groups excluding carboxylic acids is 1. The summed E-state index contributed by atoms with van der Waals surface area (Å²) in [5.41, 5.74) is 3.70. The Morgan fingerprint density at radius 3 is 2.50 bits per heavy atom. The van der Waals surface area contributed by atoms with Crippen molar-refractivity contribution in [3.8, 4) is 11.5 Å². The van der Waals surface area contributed by atoms with Gasteiger partial charge in [0.05, 0.1) is 0 Å². The number of fused-ring (bicyclic) bond motifs is 1. The fourth-order valence-corrected chi connectivity index (χ4v) is 3.96. The zero-order valence-corrected chi connectivity index (χ0v) is 18.3. The molecule has 1 unspecified atom stereocenters. The Bertz CT molecular complexity index is 962. The molecule has 2 aromatic carbocycles. The lowest BCUT2D eigenvalue weighted by Crippen LogP contribution is -2.36. The molecule has 2 amide bonds. The fraction of sp³-hybridized carbons (Fsp3) is 0.417. The quantitative estimate of drug-likeness (QED) is 0.761. The normalized spacial score (nSPS) is 16.4. The van der Waals surface area contributed by atoms with Crippen LogP contribution in [0.2, 0.25) is 0 Å². The lowest BCUT2D eigenvalue weighted by molar-refractivity contribution is 0.0962. The summed E-state index contributed by atoms with van der Waals surface area (Å²) in [7, 11) is 1.61. The number of nitrogens with one attached hydrogen (secondary N) is 1. The topological polar surface area (TPSA) is 78.9 Å². The van der Waals surface area contributed by atoms with Crippen LogP contribution < -0.4 is 10.1 Å². The molecule has 30 heavy (non-hydrogen) atoms. The number of carbonyl (C=O) groups is 2. The van der Waals surface area contributed by atoms with Crippen molar-refractivity contribution < 1.29 is 19.4 Å². The average molecular weight is 411 g/mol. The van der Waals surface area contributed by atoms with Crippen molar-refractivity contribution in [2.75, 3.05) is 20.1 Å². The highest BCUT2D eigenvalue weighted by molar-refractivity contribution is 5.94. The molecule has 0 aromatic heterocycles. The molecule has 0 saturated heterocycles. The number of hydrogen-bond donors (Lipinski definition) is 2. The molecule has 1 aliphatic rings. The molecule has 0 bridgehead atoms. The molecular formula is C24H30N2O4. The Morgan fingerprint density at radius 1 is 1.17 bits per heavy atom. The summed E-state index contributed by atoms with van der Waals surface area (Å²) in [6.45, 7) is 9.31. The van der Waals surface area contributed by atoms with Crippen LogP contribution in [-0.2, 0) is 6.42 Å². The van der Waals surface area contributed by atoms with Gasteiger partial charge in [0.2, 0.25) is 0 Å². The summed E-state index contributed by atoms with van der Waals surface area (Å²) in [4.78, 5) is 25.0. The van der Waals surface area contributed by atoms with Gasteiger partial charge in [0.1, 0.15) is 11.5 Å². The van der Waals surface area contributed by atoms with Crippen molar-refractivity contribution in [1.82, 2.24) is 10.2 Å². The molecule has 1 aliphatic heterocycles. The van der Waals surface area contributed by atoms with Crippen molar-refractivity contribution in [2.24, 2.45) is 5.41 Å². The van der Waals surface area contributed by atoms with Crippen molar-refractivity contribution >= 4 is 12.0 Å². The Morgan fingerprint density at radius 2 is 1.90 bits per heavy atom. The van der Waals surface area contributed by atoms with Gasteiger partial charge < -0.3 is 20.1 Å². The third-order valence-corrected chi connectivity index (χ3v) is 5.75. The van der Waals surface area contributed by atoms with Gasteiger partial charge in [0.15, 0.2) is 0 Å². The van der Waals surface area contributed by atoms with E-state index in [1.807, 2.05) is 19.1 Å². The van der Waals surface area contributed by atoms with Gasteiger partial charge in [-0.05, 0) is 65.8 Å². The van der Waals surface area contributed by atoms with E-state index in [4.69, 9.17) is 4.74 Å². The monoisotopic (exact) mass is 410 g/mol. The highest BCUT2D eigenvalue weighted by Crippen LogP contribution is 2.40. The second kappa shape index (κ2) is 8.38. The molecule has 160 valence electrons. The molecule has 0 fully saturated rings. The van der Waals surface area contributed by atoms with Crippen LogP contribution in [0.4, 0.5) is 4.79 Å². The van der Waals surface area contributed by atoms with E-state index in [2.05, 4.69) is 32.2 Å². The van der Waals surface area contributed by atoms with E-state index in [0.717, 1.165) is 11.1 Å². The number of amides is 2. The molecule has 3 rings (SSSR count). The number of hydrogen-bond acceptors (Lipinski definition) is 3. The number of nitrogens with zero attached hydrogens (tertiary/aromatic N) is 1. The summed E-state index contributed by atoms with van der Waals surface area (Å²) >= 11 is 0. The van der Waals surface area contributed by atoms with Crippen LogP contribution in [0.5, 0.6) is 11.5 Å². The van der Waals surface area contributed by atoms with E-state index in [9.17, 15) is 14.7 Å². The van der Waals surface area contributed by atoms with E-state index in [1.165, 1.54) is 10.5 Å². The first-order chi connectivity index (χ1) is 14.1. The molecule has 6 heteroatoms. The Kier molecular flexibility index (Phi) is 6.06. The van der Waals surface area contributed by atoms with Gasteiger partial charge in [-0.15, -0.1) is 0 Å². The van der Waals surface area contributed by atoms with Crippen LogP contribution in [0.1, 0.15) is 53.7 Å². The summed E-state index contributed by atoms with van der Waals surface area (Å²) in [5, 5.41) is 12.2. The first kappa shape index (κ1) is 21.7. The molecule has 6 nitrogen and oxygen atoms in total. The first-order valence-corrected chi connectivity index (χ1v) is 10.2. The predicted octanol–water partition coefficient (Wildman–Crippen LogP) is 4.81. The minimum Gasteiger partial charge on any atom is -0.465 e. The van der Waals surface area contributed by atoms with Crippen LogP contribution in [0.25, 0.3) is 0 Å². The van der Waals surface area contributed by atoms with Gasteiger partial charge >= 0.3 is 6.09 Å². The van der Waals surface area contributed by atoms with Crippen LogP contribution in [-0.4, -0.2) is 42.1 Å². The number of aryl methyl sites for hydroxylation is 1. The Hall–Kier alpha value is -3.02. The van der Waals surface area contributed by atoms with E-state index >= 15 is 0 Å². The molecule has 0 spiro atoms. The first-order valence-electron chi connectivity index (χ1n) is 10.2. The largest absolute Gasteiger partial charge is 0.465 e. The van der Waals surface area contributed by atoms with E-state index in [0.29, 0.717) is 36.6 Å². The zero-order chi connectivity index (χ0) is 22.1. The maximum absolute atomic E-state index is 11.8. The molecule has 1 atom stereocenters. The van der Waals surface area contributed by atoms with E-state index in [1.54, 1.807) is 25.2 Å². The Labute approximate surface area is 177 Å². The van der Waals surface area contributed by atoms with Crippen molar-refractivity contribution in [2.45, 2.75) is 40.0 Å². The van der Waals surface area contributed by atoms with Gasteiger partial charge in [0.25, 0.3) is 5.91 Å². The molecular weight excluding hydrogens is 380 g/mol. The van der Waals surface area contributed by atoms with Gasteiger partial charge in [-0.2, -0.15) is 0 Å². The summed E-state index contributed by atoms with van der Waals surface area (Å²) in [5.74, 6) is 1.37. The highest BCUT2D eigenvalue weighted by Gasteiger charge is 2.33. The van der Waals surface area contributed by atoms with Gasteiger partial charge in [-0.3, -0.25) is 4.79 Å². The third-order valence-electron chi connectivity index (χ3n) is 5.75. The maximum atomic E-state index is 11.8. The zero-order valence-electron chi connectivity index (χ0n) is 18.3. The van der Waals surface area contributed by atoms with Crippen LogP contribution in [0.3, 0.4) is 0 Å². The van der Waals surface area contributed by atoms with Crippen molar-refractivity contribution in [3.63, 3.8) is 0 Å². The third kappa shape index (κ3) is 4.58. The molecule has 0 radical (unpaired) electrons. The molecule has 2 N–H and O–H groups in total. The SMILES string of the molecule is CNC(=O)c1ccc(Oc2ccc3c(c2)CCN(C(=O)O)CC3C(C)(C)C)c(C)c1. The van der Waals surface area contributed by atoms with E-state index < -0.39 is 6.09 Å². The lowest BCUT2D eigenvalue weighted by atomic mass is 9.75. The number of rotatable bonds is 3. The fourth-order valence-electron chi connectivity index (χ4n) is 3.96. The van der Waals surface area contributed by atoms with Crippen LogP contribution in [0.15, 0.2) is 36.4 Å². The number of carboxylic acid groups (broad SMARTS) is 1. The molecule has 0 aliphatic carbocycles. The molecule has 2 aromatic rings. The van der Waals surface area contributed by atoms with Gasteiger partial charge in [0, 0.05) is 31.6 Å². The average Bonchev–Trinajstić information content (AvgIpc) is 2.88. The lowest BCUT2D eigenvalue weighted by Gasteiger charge is -2.33. The van der Waals surface area contributed by atoms with Crippen LogP contribution >= 0.6 is 0 Å². The second-order valence-corrected chi connectivity index (χ2v) is 8.92. The Balaban J connectivity index is 1.91. The summed E-state index contributed by atoms with van der Waals surface area (Å²) in [6, 6.07) is 11.4. The highest BCUT2D eigenvalue weighted by atomic mass is 16.5. The maximum Gasteiger partial charge on any atom is 0.407 e. The van der Waals surface area contributed by atoms with Crippen LogP contribution in [0, 0.1) is 12.3 Å².